The van der Waals surface area contributed by atoms with Gasteiger partial charge >= 0.3 is 0 Å². The van der Waals surface area contributed by atoms with Gasteiger partial charge in [-0.25, -0.2) is 0 Å². The number of fused-ring (bicyclic) bond motifs is 1. The SMILES string of the molecule is N#Cc1ccccc1Cn1cc(/C=N\NCc2ccccc2Cl)c2ccccc21. The number of nitriles is 1. The predicted octanol–water partition coefficient (Wildman–Crippen LogP) is 5.34. The summed E-state index contributed by atoms with van der Waals surface area (Å²) in [5, 5.41) is 15.6. The fourth-order valence-electron chi connectivity index (χ4n) is 3.35. The lowest BCUT2D eigenvalue weighted by Gasteiger charge is -2.07. The van der Waals surface area contributed by atoms with Crippen LogP contribution in [0.2, 0.25) is 5.02 Å². The van der Waals surface area contributed by atoms with Gasteiger partial charge in [-0.1, -0.05) is 66.2 Å². The monoisotopic (exact) mass is 398 g/mol. The number of hydrazone groups is 1. The highest BCUT2D eigenvalue weighted by molar-refractivity contribution is 6.31. The van der Waals surface area contributed by atoms with Crippen molar-refractivity contribution in [3.63, 3.8) is 0 Å². The maximum Gasteiger partial charge on any atom is 0.0995 e. The smallest absolute Gasteiger partial charge is 0.0995 e. The zero-order chi connectivity index (χ0) is 20.1. The molecule has 29 heavy (non-hydrogen) atoms. The summed E-state index contributed by atoms with van der Waals surface area (Å²) in [6, 6.07) is 25.9. The van der Waals surface area contributed by atoms with E-state index in [1.165, 1.54) is 0 Å². The van der Waals surface area contributed by atoms with Gasteiger partial charge in [0.15, 0.2) is 0 Å². The lowest BCUT2D eigenvalue weighted by molar-refractivity contribution is 0.748. The molecule has 4 nitrogen and oxygen atoms in total. The van der Waals surface area contributed by atoms with E-state index in [0.717, 1.165) is 32.6 Å². The molecule has 4 rings (SSSR count). The number of hydrogen-bond acceptors (Lipinski definition) is 3. The van der Waals surface area contributed by atoms with E-state index in [2.05, 4.69) is 39.5 Å². The van der Waals surface area contributed by atoms with Crippen molar-refractivity contribution in [2.45, 2.75) is 13.1 Å². The molecule has 0 amide bonds. The van der Waals surface area contributed by atoms with Crippen molar-refractivity contribution in [1.29, 1.82) is 5.26 Å². The van der Waals surface area contributed by atoms with Gasteiger partial charge in [0.2, 0.25) is 0 Å². The molecular formula is C24H19ClN4. The van der Waals surface area contributed by atoms with E-state index in [4.69, 9.17) is 11.6 Å². The van der Waals surface area contributed by atoms with Crippen molar-refractivity contribution < 1.29 is 0 Å². The Bertz CT molecular complexity index is 1220. The van der Waals surface area contributed by atoms with Crippen molar-refractivity contribution in [2.24, 2.45) is 5.10 Å². The zero-order valence-electron chi connectivity index (χ0n) is 15.7. The van der Waals surface area contributed by atoms with Gasteiger partial charge in [0.25, 0.3) is 0 Å². The summed E-state index contributed by atoms with van der Waals surface area (Å²) in [6.45, 7) is 1.19. The quantitative estimate of drug-likeness (QED) is 0.352. The number of benzene rings is 3. The second kappa shape index (κ2) is 8.64. The number of nitrogens with one attached hydrogen (secondary N) is 1. The van der Waals surface area contributed by atoms with Crippen LogP contribution in [0.4, 0.5) is 0 Å². The Balaban J connectivity index is 1.57. The third-order valence-corrected chi connectivity index (χ3v) is 5.19. The highest BCUT2D eigenvalue weighted by atomic mass is 35.5. The lowest BCUT2D eigenvalue weighted by atomic mass is 10.1. The van der Waals surface area contributed by atoms with E-state index in [0.29, 0.717) is 18.7 Å². The molecule has 0 atom stereocenters. The van der Waals surface area contributed by atoms with Crippen molar-refractivity contribution in [3.8, 4) is 6.07 Å². The molecule has 1 aromatic heterocycles. The largest absolute Gasteiger partial charge is 0.342 e. The molecule has 142 valence electrons. The summed E-state index contributed by atoms with van der Waals surface area (Å²) < 4.78 is 2.15. The first kappa shape index (κ1) is 18.8. The van der Waals surface area contributed by atoms with E-state index < -0.39 is 0 Å². The normalized spacial score (nSPS) is 11.0. The van der Waals surface area contributed by atoms with Crippen LogP contribution in [0.25, 0.3) is 10.9 Å². The van der Waals surface area contributed by atoms with Crippen LogP contribution in [-0.4, -0.2) is 10.8 Å². The minimum atomic E-state index is 0.560. The summed E-state index contributed by atoms with van der Waals surface area (Å²) in [5.41, 5.74) is 7.88. The highest BCUT2D eigenvalue weighted by Gasteiger charge is 2.09. The first-order chi connectivity index (χ1) is 14.3. The molecule has 0 spiro atoms. The highest BCUT2D eigenvalue weighted by Crippen LogP contribution is 2.22. The van der Waals surface area contributed by atoms with Crippen LogP contribution >= 0.6 is 11.6 Å². The van der Waals surface area contributed by atoms with Crippen molar-refractivity contribution in [3.05, 3.63) is 106 Å². The van der Waals surface area contributed by atoms with Crippen LogP contribution in [0.1, 0.15) is 22.3 Å². The third-order valence-electron chi connectivity index (χ3n) is 4.82. The Morgan fingerprint density at radius 2 is 1.69 bits per heavy atom. The number of nitrogens with zero attached hydrogens (tertiary/aromatic N) is 3. The molecule has 0 fully saturated rings. The van der Waals surface area contributed by atoms with Gasteiger partial charge in [0, 0.05) is 34.2 Å². The third kappa shape index (κ3) is 4.16. The molecule has 0 aliphatic carbocycles. The molecule has 0 radical (unpaired) electrons. The number of hydrogen-bond donors (Lipinski definition) is 1. The molecule has 1 N–H and O–H groups in total. The Morgan fingerprint density at radius 3 is 2.52 bits per heavy atom. The Hall–Kier alpha value is -3.55. The van der Waals surface area contributed by atoms with Crippen LogP contribution in [0, 0.1) is 11.3 Å². The molecule has 1 heterocycles. The first-order valence-corrected chi connectivity index (χ1v) is 9.69. The fraction of sp³-hybridized carbons (Fsp3) is 0.0833. The van der Waals surface area contributed by atoms with E-state index in [-0.39, 0.29) is 0 Å². The average Bonchev–Trinajstić information content (AvgIpc) is 3.10. The molecule has 0 saturated heterocycles. The van der Waals surface area contributed by atoms with Crippen molar-refractivity contribution >= 4 is 28.7 Å². The van der Waals surface area contributed by atoms with Crippen LogP contribution in [-0.2, 0) is 13.1 Å². The summed E-state index contributed by atoms with van der Waals surface area (Å²) >= 11 is 6.19. The van der Waals surface area contributed by atoms with E-state index in [1.807, 2.05) is 66.9 Å². The van der Waals surface area contributed by atoms with Gasteiger partial charge in [-0.3, -0.25) is 0 Å². The maximum absolute atomic E-state index is 9.37. The number of aromatic nitrogens is 1. The minimum Gasteiger partial charge on any atom is -0.342 e. The second-order valence-electron chi connectivity index (χ2n) is 6.68. The molecule has 5 heteroatoms. The number of halogens is 1. The predicted molar refractivity (Wildman–Crippen MR) is 118 cm³/mol. The Kier molecular flexibility index (Phi) is 5.60. The fourth-order valence-corrected chi connectivity index (χ4v) is 3.55. The molecule has 0 aliphatic rings. The van der Waals surface area contributed by atoms with Crippen LogP contribution in [0.15, 0.2) is 84.1 Å². The average molecular weight is 399 g/mol. The van der Waals surface area contributed by atoms with Crippen LogP contribution < -0.4 is 5.43 Å². The minimum absolute atomic E-state index is 0.560. The van der Waals surface area contributed by atoms with Crippen molar-refractivity contribution in [1.82, 2.24) is 9.99 Å². The maximum atomic E-state index is 9.37. The standard InChI is InChI=1S/C24H19ClN4/c25-23-11-5-3-8-19(23)14-27-28-15-21-17-29(24-12-6-4-10-22(21)24)16-20-9-2-1-7-18(20)13-26/h1-12,15,17,27H,14,16H2/b28-15-. The summed E-state index contributed by atoms with van der Waals surface area (Å²) in [5.74, 6) is 0. The van der Waals surface area contributed by atoms with Gasteiger partial charge in [-0.15, -0.1) is 0 Å². The molecule has 3 aromatic carbocycles. The summed E-state index contributed by atoms with van der Waals surface area (Å²) in [7, 11) is 0. The number of rotatable bonds is 6. The van der Waals surface area contributed by atoms with Gasteiger partial charge in [0.1, 0.15) is 0 Å². The van der Waals surface area contributed by atoms with E-state index in [9.17, 15) is 5.26 Å². The van der Waals surface area contributed by atoms with Gasteiger partial charge in [-0.2, -0.15) is 10.4 Å². The van der Waals surface area contributed by atoms with Crippen LogP contribution in [0.5, 0.6) is 0 Å². The van der Waals surface area contributed by atoms with Gasteiger partial charge < -0.3 is 9.99 Å². The first-order valence-electron chi connectivity index (χ1n) is 9.31. The molecule has 4 aromatic rings. The van der Waals surface area contributed by atoms with Crippen LogP contribution in [0.3, 0.4) is 0 Å². The second-order valence-corrected chi connectivity index (χ2v) is 7.09. The summed E-state index contributed by atoms with van der Waals surface area (Å²) in [6.07, 6.45) is 3.89. The summed E-state index contributed by atoms with van der Waals surface area (Å²) in [4.78, 5) is 0. The molecule has 0 unspecified atom stereocenters. The van der Waals surface area contributed by atoms with Gasteiger partial charge in [0.05, 0.1) is 24.4 Å². The Labute approximate surface area is 174 Å². The number of para-hydroxylation sites is 1. The lowest BCUT2D eigenvalue weighted by Crippen LogP contribution is -2.05. The van der Waals surface area contributed by atoms with E-state index in [1.54, 1.807) is 0 Å². The van der Waals surface area contributed by atoms with Crippen molar-refractivity contribution in [2.75, 3.05) is 0 Å². The van der Waals surface area contributed by atoms with E-state index >= 15 is 0 Å². The molecular weight excluding hydrogens is 380 g/mol. The zero-order valence-corrected chi connectivity index (χ0v) is 16.5. The molecule has 0 bridgehead atoms. The topological polar surface area (TPSA) is 53.1 Å². The van der Waals surface area contributed by atoms with Gasteiger partial charge in [-0.05, 0) is 29.3 Å². The Morgan fingerprint density at radius 1 is 0.966 bits per heavy atom. The molecule has 0 saturated carbocycles. The molecule has 0 aliphatic heterocycles.